The van der Waals surface area contributed by atoms with Gasteiger partial charge in [0.25, 0.3) is 0 Å². The van der Waals surface area contributed by atoms with E-state index in [1.54, 1.807) is 0 Å². The van der Waals surface area contributed by atoms with Gasteiger partial charge in [-0.05, 0) is 26.7 Å². The van der Waals surface area contributed by atoms with Crippen molar-refractivity contribution >= 4 is 5.97 Å². The summed E-state index contributed by atoms with van der Waals surface area (Å²) in [7, 11) is 0. The summed E-state index contributed by atoms with van der Waals surface area (Å²) in [5.41, 5.74) is 1.21. The topological polar surface area (TPSA) is 37.3 Å². The van der Waals surface area contributed by atoms with Gasteiger partial charge in [0.15, 0.2) is 0 Å². The maximum Gasteiger partial charge on any atom is 0.307 e. The lowest BCUT2D eigenvalue weighted by atomic mass is 9.99. The number of carboxylic acids is 1. The van der Waals surface area contributed by atoms with Crippen molar-refractivity contribution in [2.24, 2.45) is 5.92 Å². The molecule has 0 amide bonds. The Labute approximate surface area is 79.7 Å². The molecule has 2 nitrogen and oxygen atoms in total. The van der Waals surface area contributed by atoms with Crippen LogP contribution in [0.1, 0.15) is 33.1 Å². The second-order valence-electron chi connectivity index (χ2n) is 3.30. The Balaban J connectivity index is 3.91. The van der Waals surface area contributed by atoms with E-state index in [2.05, 4.69) is 5.92 Å². The molecule has 0 radical (unpaired) electrons. The summed E-state index contributed by atoms with van der Waals surface area (Å²) < 4.78 is 0. The molecule has 0 aliphatic carbocycles. The molecule has 0 fully saturated rings. The van der Waals surface area contributed by atoms with Gasteiger partial charge in [-0.25, -0.2) is 0 Å². The van der Waals surface area contributed by atoms with Crippen LogP contribution in [0.3, 0.4) is 0 Å². The Kier molecular flexibility index (Phi) is 5.71. The van der Waals surface area contributed by atoms with Crippen LogP contribution in [-0.4, -0.2) is 11.1 Å². The molecule has 0 rings (SSSR count). The maximum absolute atomic E-state index is 10.6. The van der Waals surface area contributed by atoms with Crippen LogP contribution < -0.4 is 0 Å². The van der Waals surface area contributed by atoms with Gasteiger partial charge in [0, 0.05) is 6.42 Å². The lowest BCUT2D eigenvalue weighted by Crippen LogP contribution is -2.12. The molecule has 0 aromatic rings. The van der Waals surface area contributed by atoms with E-state index in [1.807, 2.05) is 19.9 Å². The van der Waals surface area contributed by atoms with Crippen LogP contribution in [0, 0.1) is 18.3 Å². The first-order valence-corrected chi connectivity index (χ1v) is 4.37. The number of carboxylic acid groups (broad SMARTS) is 1. The third-order valence-corrected chi connectivity index (χ3v) is 1.78. The second kappa shape index (κ2) is 6.30. The van der Waals surface area contributed by atoms with Crippen LogP contribution in [0.5, 0.6) is 0 Å². The minimum absolute atomic E-state index is 0.325. The molecule has 13 heavy (non-hydrogen) atoms. The van der Waals surface area contributed by atoms with Crippen molar-refractivity contribution in [1.82, 2.24) is 0 Å². The molecule has 72 valence electrons. The predicted molar refractivity (Wildman–Crippen MR) is 53.2 cm³/mol. The summed E-state index contributed by atoms with van der Waals surface area (Å²) in [6.07, 6.45) is 8.85. The molecular formula is C11H16O2. The number of rotatable bonds is 5. The average Bonchev–Trinajstić information content (AvgIpc) is 2.02. The molecule has 0 heterocycles. The van der Waals surface area contributed by atoms with Crippen LogP contribution in [0.4, 0.5) is 0 Å². The standard InChI is InChI=1S/C11H16O2/c1-4-6-10(11(12)13)8-5-7-9(2)3/h1,7,10H,5-6,8H2,2-3H3,(H,12,13). The van der Waals surface area contributed by atoms with E-state index in [0.29, 0.717) is 12.8 Å². The largest absolute Gasteiger partial charge is 0.481 e. The molecule has 1 unspecified atom stereocenters. The van der Waals surface area contributed by atoms with Crippen molar-refractivity contribution in [1.29, 1.82) is 0 Å². The first kappa shape index (κ1) is 11.8. The van der Waals surface area contributed by atoms with Gasteiger partial charge >= 0.3 is 5.97 Å². The molecule has 1 N–H and O–H groups in total. The molecule has 1 atom stereocenters. The maximum atomic E-state index is 10.6. The predicted octanol–water partition coefficient (Wildman–Crippen LogP) is 2.46. The zero-order chi connectivity index (χ0) is 10.3. The number of allylic oxidation sites excluding steroid dienone is 2. The molecule has 0 saturated carbocycles. The quantitative estimate of drug-likeness (QED) is 0.521. The molecular weight excluding hydrogens is 164 g/mol. The van der Waals surface area contributed by atoms with E-state index in [9.17, 15) is 4.79 Å². The van der Waals surface area contributed by atoms with E-state index in [4.69, 9.17) is 11.5 Å². The van der Waals surface area contributed by atoms with Crippen molar-refractivity contribution in [2.45, 2.75) is 33.1 Å². The van der Waals surface area contributed by atoms with Gasteiger partial charge in [-0.3, -0.25) is 4.79 Å². The summed E-state index contributed by atoms with van der Waals surface area (Å²) >= 11 is 0. The van der Waals surface area contributed by atoms with Gasteiger partial charge in [-0.1, -0.05) is 11.6 Å². The fraction of sp³-hybridized carbons (Fsp3) is 0.545. The fourth-order valence-electron chi connectivity index (χ4n) is 1.03. The lowest BCUT2D eigenvalue weighted by Gasteiger charge is -2.06. The smallest absolute Gasteiger partial charge is 0.307 e. The highest BCUT2D eigenvalue weighted by molar-refractivity contribution is 5.70. The van der Waals surface area contributed by atoms with Crippen molar-refractivity contribution < 1.29 is 9.90 Å². The molecule has 0 aromatic heterocycles. The molecule has 0 aliphatic heterocycles. The van der Waals surface area contributed by atoms with E-state index >= 15 is 0 Å². The van der Waals surface area contributed by atoms with Crippen LogP contribution in [0.15, 0.2) is 11.6 Å². The first-order valence-electron chi connectivity index (χ1n) is 4.37. The average molecular weight is 180 g/mol. The van der Waals surface area contributed by atoms with E-state index in [1.165, 1.54) is 5.57 Å². The highest BCUT2D eigenvalue weighted by atomic mass is 16.4. The number of carbonyl (C=O) groups is 1. The Bertz CT molecular complexity index is 229. The second-order valence-corrected chi connectivity index (χ2v) is 3.30. The Morgan fingerprint density at radius 1 is 1.62 bits per heavy atom. The van der Waals surface area contributed by atoms with Crippen molar-refractivity contribution in [2.75, 3.05) is 0 Å². The molecule has 0 saturated heterocycles. The highest BCUT2D eigenvalue weighted by Crippen LogP contribution is 2.12. The molecule has 0 bridgehead atoms. The Morgan fingerprint density at radius 2 is 2.23 bits per heavy atom. The zero-order valence-electron chi connectivity index (χ0n) is 8.21. The van der Waals surface area contributed by atoms with Gasteiger partial charge in [-0.2, -0.15) is 0 Å². The fourth-order valence-corrected chi connectivity index (χ4v) is 1.03. The van der Waals surface area contributed by atoms with Crippen molar-refractivity contribution in [3.8, 4) is 12.3 Å². The van der Waals surface area contributed by atoms with Crippen LogP contribution >= 0.6 is 0 Å². The number of terminal acetylenes is 1. The van der Waals surface area contributed by atoms with E-state index < -0.39 is 5.97 Å². The van der Waals surface area contributed by atoms with E-state index in [-0.39, 0.29) is 5.92 Å². The van der Waals surface area contributed by atoms with E-state index in [0.717, 1.165) is 6.42 Å². The molecule has 2 heteroatoms. The van der Waals surface area contributed by atoms with Gasteiger partial charge in [0.05, 0.1) is 5.92 Å². The third kappa shape index (κ3) is 5.98. The zero-order valence-corrected chi connectivity index (χ0v) is 8.21. The summed E-state index contributed by atoms with van der Waals surface area (Å²) in [5.74, 6) is 1.21. The molecule has 0 aromatic carbocycles. The summed E-state index contributed by atoms with van der Waals surface area (Å²) in [6.45, 7) is 3.99. The van der Waals surface area contributed by atoms with Gasteiger partial charge in [0.2, 0.25) is 0 Å². The third-order valence-electron chi connectivity index (χ3n) is 1.78. The minimum atomic E-state index is -0.792. The number of aliphatic carboxylic acids is 1. The SMILES string of the molecule is C#CCC(CCC=C(C)C)C(=O)O. The number of hydrogen-bond donors (Lipinski definition) is 1. The van der Waals surface area contributed by atoms with Crippen molar-refractivity contribution in [3.05, 3.63) is 11.6 Å². The monoisotopic (exact) mass is 180 g/mol. The molecule has 0 aliphatic rings. The van der Waals surface area contributed by atoms with Crippen LogP contribution in [0.2, 0.25) is 0 Å². The van der Waals surface area contributed by atoms with Crippen molar-refractivity contribution in [3.63, 3.8) is 0 Å². The van der Waals surface area contributed by atoms with Crippen LogP contribution in [-0.2, 0) is 4.79 Å². The molecule has 0 spiro atoms. The van der Waals surface area contributed by atoms with Crippen LogP contribution in [0.25, 0.3) is 0 Å². The minimum Gasteiger partial charge on any atom is -0.481 e. The number of hydrogen-bond acceptors (Lipinski definition) is 1. The Morgan fingerprint density at radius 3 is 2.62 bits per heavy atom. The van der Waals surface area contributed by atoms with Gasteiger partial charge in [-0.15, -0.1) is 12.3 Å². The lowest BCUT2D eigenvalue weighted by molar-refractivity contribution is -0.141. The Hall–Kier alpha value is -1.23. The highest BCUT2D eigenvalue weighted by Gasteiger charge is 2.14. The van der Waals surface area contributed by atoms with Gasteiger partial charge < -0.3 is 5.11 Å². The first-order chi connectivity index (χ1) is 6.07. The normalized spacial score (nSPS) is 11.5. The summed E-state index contributed by atoms with van der Waals surface area (Å²) in [6, 6.07) is 0. The summed E-state index contributed by atoms with van der Waals surface area (Å²) in [5, 5.41) is 8.75. The van der Waals surface area contributed by atoms with Gasteiger partial charge in [0.1, 0.15) is 0 Å². The summed E-state index contributed by atoms with van der Waals surface area (Å²) in [4.78, 5) is 10.6.